The molecule has 1 aliphatic heterocycles. The number of nitrogens with zero attached hydrogens (tertiary/aromatic N) is 6. The third-order valence-electron chi connectivity index (χ3n) is 5.78. The Labute approximate surface area is 198 Å². The van der Waals surface area contributed by atoms with Crippen molar-refractivity contribution >= 4 is 17.5 Å². The number of pyridine rings is 2. The first kappa shape index (κ1) is 21.8. The lowest BCUT2D eigenvalue weighted by molar-refractivity contribution is 0.170. The average molecular weight is 457 g/mol. The number of nitrogens with one attached hydrogen (secondary N) is 2. The summed E-state index contributed by atoms with van der Waals surface area (Å²) in [6.45, 7) is 7.68. The molecule has 0 unspecified atom stereocenters. The highest BCUT2D eigenvalue weighted by Crippen LogP contribution is 2.25. The highest BCUT2D eigenvalue weighted by atomic mass is 16.5. The van der Waals surface area contributed by atoms with Crippen molar-refractivity contribution in [1.29, 1.82) is 0 Å². The van der Waals surface area contributed by atoms with Gasteiger partial charge in [0.05, 0.1) is 6.20 Å². The van der Waals surface area contributed by atoms with Gasteiger partial charge in [-0.05, 0) is 45.0 Å². The average Bonchev–Trinajstić information content (AvgIpc) is 3.25. The molecule has 0 radical (unpaired) electrons. The molecule has 0 aromatic carbocycles. The highest BCUT2D eigenvalue weighted by Gasteiger charge is 2.22. The van der Waals surface area contributed by atoms with E-state index in [0.717, 1.165) is 66.0 Å². The lowest BCUT2D eigenvalue weighted by Gasteiger charge is -2.32. The van der Waals surface area contributed by atoms with E-state index in [9.17, 15) is 0 Å². The lowest BCUT2D eigenvalue weighted by Crippen LogP contribution is -2.38. The van der Waals surface area contributed by atoms with Crippen LogP contribution in [0, 0.1) is 20.8 Å². The minimum atomic E-state index is 0.199. The number of hydrogen-bond donors (Lipinski definition) is 2. The van der Waals surface area contributed by atoms with E-state index in [1.165, 1.54) is 0 Å². The maximum Gasteiger partial charge on any atom is 0.163 e. The fourth-order valence-electron chi connectivity index (χ4n) is 4.00. The summed E-state index contributed by atoms with van der Waals surface area (Å²) in [7, 11) is 0. The molecular formula is C25H28N8O. The Balaban J connectivity index is 1.22. The number of aromatic amines is 1. The lowest BCUT2D eigenvalue weighted by atomic mass is 10.1. The van der Waals surface area contributed by atoms with Crippen molar-refractivity contribution in [3.8, 4) is 17.1 Å². The maximum atomic E-state index is 6.10. The Kier molecular flexibility index (Phi) is 6.07. The first-order chi connectivity index (χ1) is 16.5. The van der Waals surface area contributed by atoms with Crippen LogP contribution in [-0.2, 0) is 0 Å². The van der Waals surface area contributed by atoms with Gasteiger partial charge in [0.2, 0.25) is 0 Å². The van der Waals surface area contributed by atoms with Gasteiger partial charge in [-0.25, -0.2) is 15.0 Å². The van der Waals surface area contributed by atoms with E-state index in [2.05, 4.69) is 35.4 Å². The van der Waals surface area contributed by atoms with Crippen molar-refractivity contribution in [2.24, 2.45) is 0 Å². The Hall–Kier alpha value is -4.01. The number of ether oxygens (including phenoxy) is 1. The predicted molar refractivity (Wildman–Crippen MR) is 131 cm³/mol. The first-order valence-corrected chi connectivity index (χ1v) is 11.5. The van der Waals surface area contributed by atoms with Crippen LogP contribution < -0.4 is 15.0 Å². The second-order valence-electron chi connectivity index (χ2n) is 8.62. The van der Waals surface area contributed by atoms with Crippen molar-refractivity contribution in [3.63, 3.8) is 0 Å². The topological polar surface area (TPSA) is 105 Å². The molecule has 1 aliphatic rings. The Bertz CT molecular complexity index is 1240. The summed E-state index contributed by atoms with van der Waals surface area (Å²) in [5, 5.41) is 10.4. The van der Waals surface area contributed by atoms with E-state index in [0.29, 0.717) is 11.6 Å². The van der Waals surface area contributed by atoms with Gasteiger partial charge in [-0.1, -0.05) is 0 Å². The maximum absolute atomic E-state index is 6.10. The zero-order chi connectivity index (χ0) is 23.5. The molecule has 0 aliphatic carbocycles. The van der Waals surface area contributed by atoms with Crippen LogP contribution in [0.25, 0.3) is 11.4 Å². The smallest absolute Gasteiger partial charge is 0.163 e. The summed E-state index contributed by atoms with van der Waals surface area (Å²) in [5.41, 5.74) is 3.72. The molecule has 9 nitrogen and oxygen atoms in total. The zero-order valence-corrected chi connectivity index (χ0v) is 19.6. The number of piperidine rings is 1. The SMILES string of the molecule is Cc1ccc(OC2CCN(c3ccc(-c4nc(C)cc(Nc5cc(C)[nH]n5)n4)cn3)CC2)cn1. The molecule has 1 fully saturated rings. The van der Waals surface area contributed by atoms with Crippen LogP contribution in [0.5, 0.6) is 5.75 Å². The third-order valence-corrected chi connectivity index (χ3v) is 5.78. The highest BCUT2D eigenvalue weighted by molar-refractivity contribution is 5.61. The summed E-state index contributed by atoms with van der Waals surface area (Å²) < 4.78 is 6.10. The van der Waals surface area contributed by atoms with E-state index in [1.54, 1.807) is 6.20 Å². The quantitative estimate of drug-likeness (QED) is 0.441. The molecular weight excluding hydrogens is 428 g/mol. The molecule has 0 saturated carbocycles. The van der Waals surface area contributed by atoms with E-state index in [-0.39, 0.29) is 6.10 Å². The van der Waals surface area contributed by atoms with Gasteiger partial charge in [0.1, 0.15) is 23.5 Å². The van der Waals surface area contributed by atoms with Gasteiger partial charge in [0, 0.05) is 66.9 Å². The van der Waals surface area contributed by atoms with Crippen molar-refractivity contribution in [2.75, 3.05) is 23.3 Å². The van der Waals surface area contributed by atoms with Gasteiger partial charge in [-0.15, -0.1) is 0 Å². The summed E-state index contributed by atoms with van der Waals surface area (Å²) in [4.78, 5) is 20.6. The summed E-state index contributed by atoms with van der Waals surface area (Å²) in [6.07, 6.45) is 5.73. The Morgan fingerprint density at radius 3 is 2.44 bits per heavy atom. The van der Waals surface area contributed by atoms with Gasteiger partial charge >= 0.3 is 0 Å². The fraction of sp³-hybridized carbons (Fsp3) is 0.320. The zero-order valence-electron chi connectivity index (χ0n) is 19.6. The second kappa shape index (κ2) is 9.46. The van der Waals surface area contributed by atoms with Crippen LogP contribution >= 0.6 is 0 Å². The third kappa shape index (κ3) is 5.14. The van der Waals surface area contributed by atoms with Gasteiger partial charge in [0.15, 0.2) is 11.6 Å². The van der Waals surface area contributed by atoms with Crippen molar-refractivity contribution in [3.05, 3.63) is 65.9 Å². The predicted octanol–water partition coefficient (Wildman–Crippen LogP) is 4.37. The van der Waals surface area contributed by atoms with Crippen LogP contribution in [0.3, 0.4) is 0 Å². The molecule has 0 amide bonds. The molecule has 4 aromatic heterocycles. The number of hydrogen-bond acceptors (Lipinski definition) is 8. The van der Waals surface area contributed by atoms with Crippen molar-refractivity contribution in [1.82, 2.24) is 30.1 Å². The largest absolute Gasteiger partial charge is 0.489 e. The molecule has 5 heterocycles. The van der Waals surface area contributed by atoms with Crippen LogP contribution in [0.2, 0.25) is 0 Å². The van der Waals surface area contributed by atoms with Gasteiger partial charge in [0.25, 0.3) is 0 Å². The molecule has 34 heavy (non-hydrogen) atoms. The first-order valence-electron chi connectivity index (χ1n) is 11.5. The second-order valence-corrected chi connectivity index (χ2v) is 8.62. The number of anilines is 3. The number of rotatable bonds is 6. The molecule has 0 bridgehead atoms. The van der Waals surface area contributed by atoms with Gasteiger partial charge in [-0.2, -0.15) is 5.10 Å². The van der Waals surface area contributed by atoms with Gasteiger partial charge in [-0.3, -0.25) is 10.1 Å². The Morgan fingerprint density at radius 2 is 1.76 bits per heavy atom. The van der Waals surface area contributed by atoms with Crippen molar-refractivity contribution < 1.29 is 4.74 Å². The van der Waals surface area contributed by atoms with Crippen LogP contribution in [0.4, 0.5) is 17.5 Å². The summed E-state index contributed by atoms with van der Waals surface area (Å²) in [6, 6.07) is 11.9. The van der Waals surface area contributed by atoms with Gasteiger partial charge < -0.3 is 15.0 Å². The minimum Gasteiger partial charge on any atom is -0.489 e. The molecule has 0 spiro atoms. The molecule has 2 N–H and O–H groups in total. The normalized spacial score (nSPS) is 14.3. The number of aryl methyl sites for hydroxylation is 3. The minimum absolute atomic E-state index is 0.199. The van der Waals surface area contributed by atoms with Crippen LogP contribution in [0.1, 0.15) is 29.9 Å². The number of aromatic nitrogens is 6. The standard InChI is InChI=1S/C25H28N8O/c1-16-4-6-21(15-26-16)34-20-8-10-33(11-9-20)24-7-5-19(14-27-24)25-28-17(2)12-22(30-25)29-23-13-18(3)31-32-23/h4-7,12-15,20H,8-11H2,1-3H3,(H2,28,29,30,31,32). The van der Waals surface area contributed by atoms with Crippen LogP contribution in [0.15, 0.2) is 48.8 Å². The van der Waals surface area contributed by atoms with Crippen LogP contribution in [-0.4, -0.2) is 49.3 Å². The Morgan fingerprint density at radius 1 is 0.912 bits per heavy atom. The summed E-state index contributed by atoms with van der Waals surface area (Å²) in [5.74, 6) is 3.84. The molecule has 174 valence electrons. The van der Waals surface area contributed by atoms with E-state index in [1.807, 2.05) is 63.4 Å². The number of H-pyrrole nitrogens is 1. The monoisotopic (exact) mass is 456 g/mol. The van der Waals surface area contributed by atoms with E-state index < -0.39 is 0 Å². The fourth-order valence-corrected chi connectivity index (χ4v) is 4.00. The molecule has 9 heteroatoms. The van der Waals surface area contributed by atoms with E-state index >= 15 is 0 Å². The van der Waals surface area contributed by atoms with Crippen molar-refractivity contribution in [2.45, 2.75) is 39.7 Å². The molecule has 4 aromatic rings. The molecule has 0 atom stereocenters. The molecule has 5 rings (SSSR count). The summed E-state index contributed by atoms with van der Waals surface area (Å²) >= 11 is 0. The molecule has 1 saturated heterocycles. The van der Waals surface area contributed by atoms with E-state index in [4.69, 9.17) is 9.72 Å².